The van der Waals surface area contributed by atoms with E-state index >= 15 is 0 Å². The van der Waals surface area contributed by atoms with E-state index in [0.29, 0.717) is 9.13 Å². The van der Waals surface area contributed by atoms with Crippen LogP contribution in [-0.4, -0.2) is 4.92 Å². The first-order valence-electron chi connectivity index (χ1n) is 3.38. The molecule has 0 heterocycles. The van der Waals surface area contributed by atoms with Crippen molar-refractivity contribution in [3.05, 3.63) is 37.2 Å². The zero-order valence-corrected chi connectivity index (χ0v) is 8.62. The number of hydrogen-bond acceptors (Lipinski definition) is 3. The standard InChI is InChI=1S/C7H6FIN2O2/c8-4-1-6(9)5(3-10)7(2-4)11(12)13/h1-2H,3,10H2. The summed E-state index contributed by atoms with van der Waals surface area (Å²) in [6.07, 6.45) is 0. The van der Waals surface area contributed by atoms with Crippen LogP contribution in [0, 0.1) is 19.5 Å². The van der Waals surface area contributed by atoms with Gasteiger partial charge in [-0.2, -0.15) is 0 Å². The fourth-order valence-electron chi connectivity index (χ4n) is 0.955. The molecule has 0 aliphatic carbocycles. The van der Waals surface area contributed by atoms with Gasteiger partial charge in [-0.3, -0.25) is 10.1 Å². The van der Waals surface area contributed by atoms with Gasteiger partial charge < -0.3 is 5.73 Å². The summed E-state index contributed by atoms with van der Waals surface area (Å²) in [6.45, 7) is 0.0366. The van der Waals surface area contributed by atoms with Gasteiger partial charge in [-0.15, -0.1) is 0 Å². The van der Waals surface area contributed by atoms with Gasteiger partial charge in [0, 0.05) is 10.1 Å². The lowest BCUT2D eigenvalue weighted by Crippen LogP contribution is -2.04. The Bertz CT molecular complexity index is 357. The third-order valence-electron chi connectivity index (χ3n) is 1.54. The highest BCUT2D eigenvalue weighted by Crippen LogP contribution is 2.24. The lowest BCUT2D eigenvalue weighted by Gasteiger charge is -2.02. The predicted molar refractivity (Wildman–Crippen MR) is 53.7 cm³/mol. The predicted octanol–water partition coefficient (Wildman–Crippen LogP) is 1.80. The van der Waals surface area contributed by atoms with Gasteiger partial charge in [0.05, 0.1) is 16.6 Å². The van der Waals surface area contributed by atoms with Gasteiger partial charge in [-0.25, -0.2) is 4.39 Å². The number of halogens is 2. The Balaban J connectivity index is 3.38. The summed E-state index contributed by atoms with van der Waals surface area (Å²) in [5, 5.41) is 10.5. The van der Waals surface area contributed by atoms with E-state index in [1.165, 1.54) is 6.07 Å². The maximum atomic E-state index is 12.8. The molecule has 0 unspecified atom stereocenters. The Morgan fingerprint density at radius 2 is 2.23 bits per heavy atom. The third-order valence-corrected chi connectivity index (χ3v) is 2.50. The summed E-state index contributed by atoms with van der Waals surface area (Å²) in [5.74, 6) is -0.617. The molecule has 0 aromatic heterocycles. The van der Waals surface area contributed by atoms with Gasteiger partial charge >= 0.3 is 0 Å². The number of nitro groups is 1. The van der Waals surface area contributed by atoms with E-state index in [2.05, 4.69) is 0 Å². The van der Waals surface area contributed by atoms with Gasteiger partial charge in [-0.1, -0.05) is 0 Å². The molecule has 70 valence electrons. The van der Waals surface area contributed by atoms with Crippen LogP contribution in [0.15, 0.2) is 12.1 Å². The number of nitrogens with zero attached hydrogens (tertiary/aromatic N) is 1. The fraction of sp³-hybridized carbons (Fsp3) is 0.143. The Morgan fingerprint density at radius 3 is 2.69 bits per heavy atom. The minimum Gasteiger partial charge on any atom is -0.326 e. The van der Waals surface area contributed by atoms with E-state index in [0.717, 1.165) is 6.07 Å². The van der Waals surface area contributed by atoms with Crippen LogP contribution in [0.4, 0.5) is 10.1 Å². The molecule has 0 spiro atoms. The highest BCUT2D eigenvalue weighted by atomic mass is 127. The molecule has 0 amide bonds. The Kier molecular flexibility index (Phi) is 3.15. The molecule has 1 aromatic rings. The van der Waals surface area contributed by atoms with Crippen molar-refractivity contribution in [2.75, 3.05) is 0 Å². The number of hydrogen-bond donors (Lipinski definition) is 1. The Morgan fingerprint density at radius 1 is 1.62 bits per heavy atom. The molecule has 0 bridgehead atoms. The van der Waals surface area contributed by atoms with Gasteiger partial charge in [0.2, 0.25) is 0 Å². The largest absolute Gasteiger partial charge is 0.326 e. The molecule has 2 N–H and O–H groups in total. The van der Waals surface area contributed by atoms with E-state index in [-0.39, 0.29) is 12.2 Å². The van der Waals surface area contributed by atoms with Crippen LogP contribution in [-0.2, 0) is 6.54 Å². The highest BCUT2D eigenvalue weighted by molar-refractivity contribution is 14.1. The molecular weight excluding hydrogens is 290 g/mol. The number of nitro benzene ring substituents is 1. The topological polar surface area (TPSA) is 69.2 Å². The average Bonchev–Trinajstić information content (AvgIpc) is 2.02. The van der Waals surface area contributed by atoms with Crippen molar-refractivity contribution < 1.29 is 9.31 Å². The average molecular weight is 296 g/mol. The fourth-order valence-corrected chi connectivity index (χ4v) is 1.75. The second-order valence-electron chi connectivity index (χ2n) is 2.35. The lowest BCUT2D eigenvalue weighted by atomic mass is 10.2. The first-order valence-corrected chi connectivity index (χ1v) is 4.46. The SMILES string of the molecule is NCc1c(I)cc(F)cc1[N+](=O)[O-]. The molecule has 0 radical (unpaired) electrons. The van der Waals surface area contributed by atoms with Crippen molar-refractivity contribution >= 4 is 28.3 Å². The molecule has 0 aliphatic heterocycles. The van der Waals surface area contributed by atoms with Gasteiger partial charge in [0.15, 0.2) is 0 Å². The van der Waals surface area contributed by atoms with Crippen LogP contribution >= 0.6 is 22.6 Å². The maximum absolute atomic E-state index is 12.8. The molecule has 0 atom stereocenters. The first-order chi connectivity index (χ1) is 6.06. The molecule has 1 rings (SSSR count). The summed E-state index contributed by atoms with van der Waals surface area (Å²) in [5.41, 5.74) is 5.42. The molecule has 4 nitrogen and oxygen atoms in total. The van der Waals surface area contributed by atoms with E-state index < -0.39 is 10.7 Å². The Labute approximate surface area is 87.2 Å². The van der Waals surface area contributed by atoms with E-state index in [1.54, 1.807) is 0 Å². The highest BCUT2D eigenvalue weighted by Gasteiger charge is 2.16. The molecular formula is C7H6FIN2O2. The van der Waals surface area contributed by atoms with E-state index in [9.17, 15) is 14.5 Å². The molecule has 0 saturated carbocycles. The van der Waals surface area contributed by atoms with Gasteiger partial charge in [0.25, 0.3) is 5.69 Å². The minimum atomic E-state index is -0.632. The quantitative estimate of drug-likeness (QED) is 0.514. The van der Waals surface area contributed by atoms with Crippen molar-refractivity contribution in [1.29, 1.82) is 0 Å². The normalized spacial score (nSPS) is 10.1. The second-order valence-corrected chi connectivity index (χ2v) is 3.51. The molecule has 0 fully saturated rings. The number of nitrogens with two attached hydrogens (primary N) is 1. The van der Waals surface area contributed by atoms with Crippen LogP contribution in [0.1, 0.15) is 5.56 Å². The monoisotopic (exact) mass is 296 g/mol. The number of benzene rings is 1. The summed E-state index contributed by atoms with van der Waals surface area (Å²) >= 11 is 1.82. The summed E-state index contributed by atoms with van der Waals surface area (Å²) in [4.78, 5) is 9.83. The van der Waals surface area contributed by atoms with Crippen molar-refractivity contribution in [2.45, 2.75) is 6.54 Å². The van der Waals surface area contributed by atoms with Gasteiger partial charge in [-0.05, 0) is 28.7 Å². The molecule has 13 heavy (non-hydrogen) atoms. The smallest absolute Gasteiger partial charge is 0.277 e. The van der Waals surface area contributed by atoms with Crippen molar-refractivity contribution in [2.24, 2.45) is 5.73 Å². The van der Waals surface area contributed by atoms with E-state index in [4.69, 9.17) is 5.73 Å². The lowest BCUT2D eigenvalue weighted by molar-refractivity contribution is -0.385. The first kappa shape index (κ1) is 10.3. The van der Waals surface area contributed by atoms with Crippen LogP contribution in [0.5, 0.6) is 0 Å². The number of rotatable bonds is 2. The maximum Gasteiger partial charge on any atom is 0.277 e. The third kappa shape index (κ3) is 2.13. The summed E-state index contributed by atoms with van der Waals surface area (Å²) in [7, 11) is 0. The van der Waals surface area contributed by atoms with Crippen LogP contribution in [0.3, 0.4) is 0 Å². The van der Waals surface area contributed by atoms with Crippen LogP contribution < -0.4 is 5.73 Å². The van der Waals surface area contributed by atoms with Crippen molar-refractivity contribution in [3.8, 4) is 0 Å². The Hall–Kier alpha value is -0.760. The zero-order valence-electron chi connectivity index (χ0n) is 6.46. The second kappa shape index (κ2) is 3.97. The summed E-state index contributed by atoms with van der Waals surface area (Å²) < 4.78 is 13.2. The van der Waals surface area contributed by atoms with E-state index in [1.807, 2.05) is 22.6 Å². The molecule has 6 heteroatoms. The molecule has 0 saturated heterocycles. The van der Waals surface area contributed by atoms with Crippen LogP contribution in [0.2, 0.25) is 0 Å². The molecule has 1 aromatic carbocycles. The molecule has 0 aliphatic rings. The van der Waals surface area contributed by atoms with Crippen molar-refractivity contribution in [3.63, 3.8) is 0 Å². The van der Waals surface area contributed by atoms with Crippen LogP contribution in [0.25, 0.3) is 0 Å². The minimum absolute atomic E-state index is 0.0366. The summed E-state index contributed by atoms with van der Waals surface area (Å²) in [6, 6.07) is 2.10. The zero-order chi connectivity index (χ0) is 10.0. The van der Waals surface area contributed by atoms with Gasteiger partial charge in [0.1, 0.15) is 5.82 Å². The van der Waals surface area contributed by atoms with Crippen molar-refractivity contribution in [1.82, 2.24) is 0 Å².